The summed E-state index contributed by atoms with van der Waals surface area (Å²) in [6.07, 6.45) is 0.544. The van der Waals surface area contributed by atoms with Crippen molar-refractivity contribution in [2.45, 2.75) is 11.3 Å². The molecule has 0 bridgehead atoms. The number of carbonyl (C=O) groups is 1. The Balaban J connectivity index is 1.94. The molecule has 2 aromatic carbocycles. The van der Waals surface area contributed by atoms with Gasteiger partial charge in [0.2, 0.25) is 15.9 Å². The van der Waals surface area contributed by atoms with Gasteiger partial charge in [-0.15, -0.1) is 0 Å². The molecule has 0 aliphatic heterocycles. The van der Waals surface area contributed by atoms with E-state index < -0.39 is 15.9 Å². The van der Waals surface area contributed by atoms with Crippen LogP contribution in [0.2, 0.25) is 10.0 Å². The predicted molar refractivity (Wildman–Crippen MR) is 113 cm³/mol. The molecule has 158 valence electrons. The lowest BCUT2D eigenvalue weighted by molar-refractivity contribution is -0.121. The number of halogens is 2. The van der Waals surface area contributed by atoms with Gasteiger partial charge in [0.15, 0.2) is 11.5 Å². The van der Waals surface area contributed by atoms with Crippen LogP contribution in [-0.4, -0.2) is 53.0 Å². The van der Waals surface area contributed by atoms with Crippen LogP contribution < -0.4 is 14.8 Å². The zero-order valence-corrected chi connectivity index (χ0v) is 18.6. The number of methoxy groups -OCH3 is 2. The SMILES string of the molecule is COc1ccc(CCNC(=O)CN(C)S(=O)(=O)c2cc(Cl)ccc2Cl)cc1OC. The normalized spacial score (nSPS) is 11.4. The lowest BCUT2D eigenvalue weighted by Crippen LogP contribution is -2.39. The second-order valence-electron chi connectivity index (χ2n) is 6.13. The quantitative estimate of drug-likeness (QED) is 0.621. The summed E-state index contributed by atoms with van der Waals surface area (Å²) in [5.74, 6) is 0.780. The first-order chi connectivity index (χ1) is 13.7. The topological polar surface area (TPSA) is 84.9 Å². The van der Waals surface area contributed by atoms with Gasteiger partial charge in [0.25, 0.3) is 0 Å². The Morgan fingerprint density at radius 3 is 2.41 bits per heavy atom. The van der Waals surface area contributed by atoms with Crippen molar-refractivity contribution < 1.29 is 22.7 Å². The highest BCUT2D eigenvalue weighted by Crippen LogP contribution is 2.28. The number of nitrogens with zero attached hydrogens (tertiary/aromatic N) is 1. The summed E-state index contributed by atoms with van der Waals surface area (Å²) in [5.41, 5.74) is 0.939. The molecular formula is C19H22Cl2N2O5S. The van der Waals surface area contributed by atoms with Crippen molar-refractivity contribution in [3.8, 4) is 11.5 Å². The first-order valence-electron chi connectivity index (χ1n) is 8.58. The number of ether oxygens (including phenoxy) is 2. The molecular weight excluding hydrogens is 439 g/mol. The molecule has 0 aliphatic rings. The van der Waals surface area contributed by atoms with E-state index in [2.05, 4.69) is 5.32 Å². The Bertz CT molecular complexity index is 983. The van der Waals surface area contributed by atoms with Crippen LogP contribution in [0.1, 0.15) is 5.56 Å². The largest absolute Gasteiger partial charge is 0.493 e. The summed E-state index contributed by atoms with van der Waals surface area (Å²) < 4.78 is 36.7. The maximum Gasteiger partial charge on any atom is 0.244 e. The number of rotatable bonds is 9. The number of likely N-dealkylation sites (N-methyl/N-ethyl adjacent to an activating group) is 1. The fourth-order valence-electron chi connectivity index (χ4n) is 2.57. The first kappa shape index (κ1) is 23.3. The van der Waals surface area contributed by atoms with Gasteiger partial charge in [-0.05, 0) is 42.3 Å². The predicted octanol–water partition coefficient (Wildman–Crippen LogP) is 2.99. The number of hydrogen-bond donors (Lipinski definition) is 1. The Morgan fingerprint density at radius 1 is 1.07 bits per heavy atom. The van der Waals surface area contributed by atoms with E-state index >= 15 is 0 Å². The number of hydrogen-bond acceptors (Lipinski definition) is 5. The van der Waals surface area contributed by atoms with E-state index in [0.29, 0.717) is 24.5 Å². The fraction of sp³-hybridized carbons (Fsp3) is 0.316. The van der Waals surface area contributed by atoms with Gasteiger partial charge in [-0.3, -0.25) is 4.79 Å². The van der Waals surface area contributed by atoms with Gasteiger partial charge in [-0.25, -0.2) is 8.42 Å². The average Bonchev–Trinajstić information content (AvgIpc) is 2.69. The molecule has 1 N–H and O–H groups in total. The molecule has 0 radical (unpaired) electrons. The average molecular weight is 461 g/mol. The zero-order chi connectivity index (χ0) is 21.6. The van der Waals surface area contributed by atoms with Crippen molar-refractivity contribution in [1.82, 2.24) is 9.62 Å². The van der Waals surface area contributed by atoms with Gasteiger partial charge >= 0.3 is 0 Å². The third kappa shape index (κ3) is 5.99. The molecule has 1 amide bonds. The molecule has 2 aromatic rings. The van der Waals surface area contributed by atoms with Crippen LogP contribution in [0.15, 0.2) is 41.3 Å². The summed E-state index contributed by atoms with van der Waals surface area (Å²) in [5, 5.41) is 2.98. The molecule has 0 aliphatic carbocycles. The number of benzene rings is 2. The monoisotopic (exact) mass is 460 g/mol. The molecule has 0 unspecified atom stereocenters. The van der Waals surface area contributed by atoms with E-state index in [4.69, 9.17) is 32.7 Å². The number of sulfonamides is 1. The van der Waals surface area contributed by atoms with Crippen LogP contribution in [-0.2, 0) is 21.2 Å². The summed E-state index contributed by atoms with van der Waals surface area (Å²) in [4.78, 5) is 12.0. The van der Waals surface area contributed by atoms with E-state index in [9.17, 15) is 13.2 Å². The molecule has 0 saturated carbocycles. The van der Waals surface area contributed by atoms with Gasteiger partial charge in [0, 0.05) is 18.6 Å². The van der Waals surface area contributed by atoms with Crippen LogP contribution in [0.3, 0.4) is 0 Å². The fourth-order valence-corrected chi connectivity index (χ4v) is 4.43. The number of nitrogens with one attached hydrogen (secondary N) is 1. The maximum absolute atomic E-state index is 12.6. The molecule has 0 heterocycles. The number of amides is 1. The molecule has 0 aromatic heterocycles. The molecule has 7 nitrogen and oxygen atoms in total. The van der Waals surface area contributed by atoms with Crippen molar-refractivity contribution in [3.05, 3.63) is 52.0 Å². The Hall–Kier alpha value is -2.00. The van der Waals surface area contributed by atoms with E-state index in [1.807, 2.05) is 12.1 Å². The minimum absolute atomic E-state index is 0.0371. The number of carbonyl (C=O) groups excluding carboxylic acids is 1. The summed E-state index contributed by atoms with van der Waals surface area (Å²) >= 11 is 11.8. The lowest BCUT2D eigenvalue weighted by Gasteiger charge is -2.18. The molecule has 10 heteroatoms. The van der Waals surface area contributed by atoms with Gasteiger partial charge in [-0.2, -0.15) is 4.31 Å². The summed E-state index contributed by atoms with van der Waals surface area (Å²) in [7, 11) is 0.453. The van der Waals surface area contributed by atoms with E-state index in [0.717, 1.165) is 9.87 Å². The van der Waals surface area contributed by atoms with Crippen LogP contribution >= 0.6 is 23.2 Å². The Kier molecular flexibility index (Phi) is 8.15. The summed E-state index contributed by atoms with van der Waals surface area (Å²) in [6, 6.07) is 9.61. The third-order valence-electron chi connectivity index (χ3n) is 4.13. The standard InChI is InChI=1S/C19H22Cl2N2O5S/c1-23(29(25,26)18-11-14(20)5-6-15(18)21)12-19(24)22-9-8-13-4-7-16(27-2)17(10-13)28-3/h4-7,10-11H,8-9,12H2,1-3H3,(H,22,24). The highest BCUT2D eigenvalue weighted by Gasteiger charge is 2.25. The van der Waals surface area contributed by atoms with Gasteiger partial charge < -0.3 is 14.8 Å². The molecule has 0 spiro atoms. The van der Waals surface area contributed by atoms with Crippen molar-refractivity contribution in [1.29, 1.82) is 0 Å². The molecule has 0 atom stereocenters. The zero-order valence-electron chi connectivity index (χ0n) is 16.2. The van der Waals surface area contributed by atoms with Crippen LogP contribution in [0.25, 0.3) is 0 Å². The van der Waals surface area contributed by atoms with Crippen molar-refractivity contribution >= 4 is 39.1 Å². The molecule has 29 heavy (non-hydrogen) atoms. The maximum atomic E-state index is 12.6. The third-order valence-corrected chi connectivity index (χ3v) is 6.65. The van der Waals surface area contributed by atoms with Crippen molar-refractivity contribution in [3.63, 3.8) is 0 Å². The lowest BCUT2D eigenvalue weighted by atomic mass is 10.1. The second kappa shape index (κ2) is 10.2. The van der Waals surface area contributed by atoms with Gasteiger partial charge in [0.05, 0.1) is 25.8 Å². The highest BCUT2D eigenvalue weighted by molar-refractivity contribution is 7.89. The molecule has 0 saturated heterocycles. The van der Waals surface area contributed by atoms with Gasteiger partial charge in [0.1, 0.15) is 4.90 Å². The molecule has 2 rings (SSSR count). The van der Waals surface area contributed by atoms with Crippen molar-refractivity contribution in [2.75, 3.05) is 34.4 Å². The van der Waals surface area contributed by atoms with Crippen molar-refractivity contribution in [2.24, 2.45) is 0 Å². The first-order valence-corrected chi connectivity index (χ1v) is 10.8. The van der Waals surface area contributed by atoms with Crippen LogP contribution in [0.4, 0.5) is 0 Å². The van der Waals surface area contributed by atoms with Crippen LogP contribution in [0, 0.1) is 0 Å². The minimum Gasteiger partial charge on any atom is -0.493 e. The Labute approximate surface area is 180 Å². The van der Waals surface area contributed by atoms with Gasteiger partial charge in [-0.1, -0.05) is 29.3 Å². The second-order valence-corrected chi connectivity index (χ2v) is 8.98. The molecule has 0 fully saturated rings. The van der Waals surface area contributed by atoms with E-state index in [1.165, 1.54) is 25.2 Å². The summed E-state index contributed by atoms with van der Waals surface area (Å²) in [6.45, 7) is -0.0166. The van der Waals surface area contributed by atoms with E-state index in [-0.39, 0.29) is 21.5 Å². The smallest absolute Gasteiger partial charge is 0.244 e. The highest BCUT2D eigenvalue weighted by atomic mass is 35.5. The van der Waals surface area contributed by atoms with Crippen LogP contribution in [0.5, 0.6) is 11.5 Å². The minimum atomic E-state index is -3.96. The Morgan fingerprint density at radius 2 is 1.76 bits per heavy atom. The van der Waals surface area contributed by atoms with E-state index in [1.54, 1.807) is 20.3 Å².